The largest absolute Gasteiger partial charge is 0.448 e. The molecule has 9 nitrogen and oxygen atoms in total. The summed E-state index contributed by atoms with van der Waals surface area (Å²) in [7, 11) is 0. The van der Waals surface area contributed by atoms with Gasteiger partial charge in [-0.25, -0.2) is 19.9 Å². The van der Waals surface area contributed by atoms with Crippen molar-refractivity contribution in [2.24, 2.45) is 0 Å². The normalized spacial score (nSPS) is 15.3. The molecule has 1 aliphatic heterocycles. The average Bonchev–Trinajstić information content (AvgIpc) is 3.22. The molecule has 0 spiro atoms. The van der Waals surface area contributed by atoms with Crippen LogP contribution in [0.2, 0.25) is 0 Å². The number of imidazole rings is 1. The van der Waals surface area contributed by atoms with Crippen LogP contribution in [0.15, 0.2) is 23.5 Å². The highest BCUT2D eigenvalue weighted by Crippen LogP contribution is 2.21. The number of aryl methyl sites for hydroxylation is 1. The second-order valence-electron chi connectivity index (χ2n) is 5.33. The van der Waals surface area contributed by atoms with Crippen molar-refractivity contribution < 1.29 is 9.21 Å². The van der Waals surface area contributed by atoms with Gasteiger partial charge in [0.25, 0.3) is 5.91 Å². The summed E-state index contributed by atoms with van der Waals surface area (Å²) in [5.74, 6) is 1.27. The second-order valence-corrected chi connectivity index (χ2v) is 5.33. The van der Waals surface area contributed by atoms with E-state index in [-0.39, 0.29) is 5.91 Å². The molecule has 3 aromatic rings. The molecule has 0 radical (unpaired) electrons. The predicted molar refractivity (Wildman–Crippen MR) is 81.0 cm³/mol. The van der Waals surface area contributed by atoms with E-state index in [2.05, 4.69) is 29.8 Å². The third-order valence-corrected chi connectivity index (χ3v) is 4.02. The number of oxazole rings is 1. The molecule has 4 rings (SSSR count). The Bertz CT molecular complexity index is 848. The minimum atomic E-state index is -0.0923. The average molecular weight is 313 g/mol. The van der Waals surface area contributed by atoms with Gasteiger partial charge in [0.05, 0.1) is 6.33 Å². The number of hydrogen-bond acceptors (Lipinski definition) is 7. The van der Waals surface area contributed by atoms with Gasteiger partial charge in [-0.2, -0.15) is 0 Å². The minimum absolute atomic E-state index is 0.0923. The maximum atomic E-state index is 12.4. The highest BCUT2D eigenvalue weighted by Gasteiger charge is 2.26. The Balaban J connectivity index is 1.50. The van der Waals surface area contributed by atoms with Gasteiger partial charge in [-0.15, -0.1) is 0 Å². The van der Waals surface area contributed by atoms with Gasteiger partial charge in [0, 0.05) is 26.2 Å². The van der Waals surface area contributed by atoms with Crippen LogP contribution in [0.25, 0.3) is 11.2 Å². The molecule has 1 amide bonds. The third-order valence-electron chi connectivity index (χ3n) is 4.02. The topological polar surface area (TPSA) is 104 Å². The van der Waals surface area contributed by atoms with Gasteiger partial charge in [-0.3, -0.25) is 4.79 Å². The van der Waals surface area contributed by atoms with Crippen LogP contribution in [0.1, 0.15) is 16.2 Å². The molecule has 9 heteroatoms. The highest BCUT2D eigenvalue weighted by molar-refractivity contribution is 5.93. The quantitative estimate of drug-likeness (QED) is 0.739. The van der Waals surface area contributed by atoms with E-state index in [1.165, 1.54) is 12.7 Å². The number of aromatic nitrogens is 5. The molecule has 0 unspecified atom stereocenters. The van der Waals surface area contributed by atoms with Gasteiger partial charge in [0.15, 0.2) is 23.6 Å². The van der Waals surface area contributed by atoms with Crippen molar-refractivity contribution in [3.63, 3.8) is 0 Å². The maximum Gasteiger partial charge on any atom is 0.276 e. The summed E-state index contributed by atoms with van der Waals surface area (Å²) in [6, 6.07) is 0. The van der Waals surface area contributed by atoms with Gasteiger partial charge >= 0.3 is 0 Å². The Morgan fingerprint density at radius 1 is 1.17 bits per heavy atom. The number of nitrogens with zero attached hydrogens (tertiary/aromatic N) is 6. The molecule has 1 fully saturated rings. The summed E-state index contributed by atoms with van der Waals surface area (Å²) < 4.78 is 5.11. The summed E-state index contributed by atoms with van der Waals surface area (Å²) in [6.45, 7) is 4.32. The molecule has 23 heavy (non-hydrogen) atoms. The molecule has 0 saturated carbocycles. The number of fused-ring (bicyclic) bond motifs is 1. The van der Waals surface area contributed by atoms with E-state index >= 15 is 0 Å². The summed E-state index contributed by atoms with van der Waals surface area (Å²) in [5, 5.41) is 0. The number of carbonyl (C=O) groups is 1. The molecule has 0 bridgehead atoms. The van der Waals surface area contributed by atoms with Crippen molar-refractivity contribution in [3.05, 3.63) is 30.5 Å². The third kappa shape index (κ3) is 2.30. The summed E-state index contributed by atoms with van der Waals surface area (Å²) >= 11 is 0. The Morgan fingerprint density at radius 3 is 2.74 bits per heavy atom. The van der Waals surface area contributed by atoms with Crippen molar-refractivity contribution >= 4 is 22.9 Å². The number of amides is 1. The number of nitrogens with one attached hydrogen (secondary N) is 1. The Morgan fingerprint density at radius 2 is 2.00 bits per heavy atom. The van der Waals surface area contributed by atoms with Gasteiger partial charge in [-0.1, -0.05) is 0 Å². The SMILES string of the molecule is Cc1ocnc1C(=O)N1CCN(c2ncnc3nc[nH]c23)CC1. The Kier molecular flexibility index (Phi) is 3.18. The molecule has 118 valence electrons. The molecular formula is C14H15N7O2. The number of carbonyl (C=O) groups excluding carboxylic acids is 1. The molecule has 1 N–H and O–H groups in total. The number of anilines is 1. The number of hydrogen-bond donors (Lipinski definition) is 1. The second kappa shape index (κ2) is 5.34. The van der Waals surface area contributed by atoms with Crippen molar-refractivity contribution in [1.29, 1.82) is 0 Å². The van der Waals surface area contributed by atoms with Gasteiger partial charge < -0.3 is 19.2 Å². The molecular weight excluding hydrogens is 298 g/mol. The van der Waals surface area contributed by atoms with Gasteiger partial charge in [0.1, 0.15) is 17.6 Å². The van der Waals surface area contributed by atoms with E-state index in [9.17, 15) is 4.79 Å². The zero-order chi connectivity index (χ0) is 15.8. The minimum Gasteiger partial charge on any atom is -0.448 e. The summed E-state index contributed by atoms with van der Waals surface area (Å²) in [4.78, 5) is 36.0. The molecule has 0 aromatic carbocycles. The lowest BCUT2D eigenvalue weighted by molar-refractivity contribution is 0.0739. The lowest BCUT2D eigenvalue weighted by Crippen LogP contribution is -2.49. The van der Waals surface area contributed by atoms with Crippen LogP contribution in [-0.4, -0.2) is 61.9 Å². The van der Waals surface area contributed by atoms with Crippen LogP contribution in [-0.2, 0) is 0 Å². The van der Waals surface area contributed by atoms with Crippen LogP contribution in [0.4, 0.5) is 5.82 Å². The van der Waals surface area contributed by atoms with E-state index in [1.807, 2.05) is 0 Å². The summed E-state index contributed by atoms with van der Waals surface area (Å²) in [6.07, 6.45) is 4.42. The standard InChI is InChI=1S/C14H15N7O2/c1-9-10(19-8-23-9)14(22)21-4-2-20(3-5-21)13-11-12(16-6-15-11)17-7-18-13/h6-8H,2-5H2,1H3,(H,15,16,17,18). The fraction of sp³-hybridized carbons (Fsp3) is 0.357. The van der Waals surface area contributed by atoms with E-state index in [4.69, 9.17) is 4.42 Å². The fourth-order valence-electron chi connectivity index (χ4n) is 2.77. The highest BCUT2D eigenvalue weighted by atomic mass is 16.3. The zero-order valence-electron chi connectivity index (χ0n) is 12.6. The Labute approximate surface area is 131 Å². The monoisotopic (exact) mass is 313 g/mol. The van der Waals surface area contributed by atoms with Crippen LogP contribution >= 0.6 is 0 Å². The maximum absolute atomic E-state index is 12.4. The number of piperazine rings is 1. The van der Waals surface area contributed by atoms with Crippen molar-refractivity contribution in [2.45, 2.75) is 6.92 Å². The molecule has 1 saturated heterocycles. The number of aromatic amines is 1. The van der Waals surface area contributed by atoms with Crippen LogP contribution in [0.5, 0.6) is 0 Å². The van der Waals surface area contributed by atoms with Crippen LogP contribution in [0, 0.1) is 6.92 Å². The smallest absolute Gasteiger partial charge is 0.276 e. The van der Waals surface area contributed by atoms with E-state index in [0.717, 1.165) is 11.3 Å². The van der Waals surface area contributed by atoms with Crippen molar-refractivity contribution in [1.82, 2.24) is 29.8 Å². The first-order chi connectivity index (χ1) is 11.2. The first kappa shape index (κ1) is 13.7. The van der Waals surface area contributed by atoms with Gasteiger partial charge in [0.2, 0.25) is 0 Å². The van der Waals surface area contributed by atoms with E-state index < -0.39 is 0 Å². The first-order valence-corrected chi connectivity index (χ1v) is 7.32. The molecule has 1 aliphatic rings. The molecule has 3 aromatic heterocycles. The Hall–Kier alpha value is -2.97. The molecule has 0 atom stereocenters. The molecule has 0 aliphatic carbocycles. The first-order valence-electron chi connectivity index (χ1n) is 7.32. The van der Waals surface area contributed by atoms with E-state index in [0.29, 0.717) is 43.3 Å². The zero-order valence-corrected chi connectivity index (χ0v) is 12.6. The number of rotatable bonds is 2. The van der Waals surface area contributed by atoms with Crippen molar-refractivity contribution in [3.8, 4) is 0 Å². The lowest BCUT2D eigenvalue weighted by Gasteiger charge is -2.35. The van der Waals surface area contributed by atoms with Gasteiger partial charge in [-0.05, 0) is 6.92 Å². The van der Waals surface area contributed by atoms with Crippen LogP contribution < -0.4 is 4.90 Å². The van der Waals surface area contributed by atoms with Crippen LogP contribution in [0.3, 0.4) is 0 Å². The molecule has 4 heterocycles. The number of H-pyrrole nitrogens is 1. The summed E-state index contributed by atoms with van der Waals surface area (Å²) in [5.41, 5.74) is 1.85. The van der Waals surface area contributed by atoms with E-state index in [1.54, 1.807) is 18.2 Å². The predicted octanol–water partition coefficient (Wildman–Crippen LogP) is 0.612. The fourth-order valence-corrected chi connectivity index (χ4v) is 2.77. The van der Waals surface area contributed by atoms with Crippen molar-refractivity contribution in [2.75, 3.05) is 31.1 Å². The lowest BCUT2D eigenvalue weighted by atomic mass is 10.2.